The topological polar surface area (TPSA) is 54.0 Å². The lowest BCUT2D eigenvalue weighted by atomic mass is 10.2. The van der Waals surface area contributed by atoms with E-state index in [4.69, 9.17) is 18.9 Å². The maximum atomic E-state index is 12.2. The highest BCUT2D eigenvalue weighted by Crippen LogP contribution is 2.28. The van der Waals surface area contributed by atoms with E-state index >= 15 is 0 Å². The number of benzene rings is 1. The van der Waals surface area contributed by atoms with Crippen LogP contribution in [0.25, 0.3) is 0 Å². The highest BCUT2D eigenvalue weighted by Gasteiger charge is 2.12. The summed E-state index contributed by atoms with van der Waals surface area (Å²) in [7, 11) is 3.28. The molecule has 1 aromatic carbocycles. The predicted octanol–water partition coefficient (Wildman–Crippen LogP) is 5.02. The van der Waals surface area contributed by atoms with Gasteiger partial charge in [0.2, 0.25) is 0 Å². The fourth-order valence-corrected chi connectivity index (χ4v) is 2.57. The van der Waals surface area contributed by atoms with Gasteiger partial charge in [-0.1, -0.05) is 32.6 Å². The molecule has 0 spiro atoms. The summed E-state index contributed by atoms with van der Waals surface area (Å²) in [5, 5.41) is 0. The Morgan fingerprint density at radius 1 is 0.846 bits per heavy atom. The quantitative estimate of drug-likeness (QED) is 0.322. The molecule has 0 heterocycles. The lowest BCUT2D eigenvalue weighted by molar-refractivity contribution is 0.0496. The van der Waals surface area contributed by atoms with E-state index in [2.05, 4.69) is 6.92 Å². The van der Waals surface area contributed by atoms with Gasteiger partial charge in [-0.15, -0.1) is 0 Å². The van der Waals surface area contributed by atoms with Crippen LogP contribution in [0.15, 0.2) is 18.2 Å². The molecule has 0 unspecified atom stereocenters. The van der Waals surface area contributed by atoms with Gasteiger partial charge in [0.25, 0.3) is 0 Å². The number of esters is 1. The van der Waals surface area contributed by atoms with Crippen molar-refractivity contribution in [3.63, 3.8) is 0 Å². The lowest BCUT2D eigenvalue weighted by Crippen LogP contribution is -2.07. The number of carbonyl (C=O) groups excluding carboxylic acids is 1. The van der Waals surface area contributed by atoms with Gasteiger partial charge in [-0.05, 0) is 43.9 Å². The molecule has 0 radical (unpaired) electrons. The minimum absolute atomic E-state index is 0.324. The first kappa shape index (κ1) is 22.3. The van der Waals surface area contributed by atoms with Gasteiger partial charge in [-0.25, -0.2) is 4.79 Å². The molecule has 0 aliphatic carbocycles. The highest BCUT2D eigenvalue weighted by molar-refractivity contribution is 5.90. The molecular weight excluding hydrogens is 332 g/mol. The van der Waals surface area contributed by atoms with Gasteiger partial charge in [0.05, 0.1) is 25.9 Å². The molecule has 0 aromatic heterocycles. The molecule has 1 aromatic rings. The number of hydrogen-bond donors (Lipinski definition) is 0. The number of unbranched alkanes of at least 4 members (excludes halogenated alkanes) is 6. The van der Waals surface area contributed by atoms with Crippen LogP contribution in [0.2, 0.25) is 0 Å². The molecular formula is C21H34O5. The van der Waals surface area contributed by atoms with Crippen LogP contribution in [0.4, 0.5) is 0 Å². The minimum Gasteiger partial charge on any atom is -0.493 e. The molecule has 26 heavy (non-hydrogen) atoms. The van der Waals surface area contributed by atoms with E-state index in [1.165, 1.54) is 12.8 Å². The third kappa shape index (κ3) is 9.09. The van der Waals surface area contributed by atoms with Crippen molar-refractivity contribution in [1.29, 1.82) is 0 Å². The Kier molecular flexibility index (Phi) is 12.4. The third-order valence-corrected chi connectivity index (χ3v) is 4.13. The van der Waals surface area contributed by atoms with Gasteiger partial charge < -0.3 is 18.9 Å². The van der Waals surface area contributed by atoms with Crippen molar-refractivity contribution in [2.24, 2.45) is 0 Å². The fourth-order valence-electron chi connectivity index (χ4n) is 2.57. The van der Waals surface area contributed by atoms with Crippen LogP contribution in [0.3, 0.4) is 0 Å². The van der Waals surface area contributed by atoms with Gasteiger partial charge in [0.15, 0.2) is 11.5 Å². The van der Waals surface area contributed by atoms with Gasteiger partial charge in [-0.3, -0.25) is 0 Å². The molecule has 0 atom stereocenters. The van der Waals surface area contributed by atoms with E-state index < -0.39 is 0 Å². The van der Waals surface area contributed by atoms with Crippen molar-refractivity contribution < 1.29 is 23.7 Å². The SMILES string of the molecule is CCCCCCOc1ccc(C(=O)OCCCCCCOC)cc1OC. The molecule has 148 valence electrons. The number of ether oxygens (including phenoxy) is 4. The standard InChI is InChI=1S/C21H34O5/c1-4-5-6-10-15-25-19-13-12-18(17-20(19)24-3)21(22)26-16-11-8-7-9-14-23-2/h12-13,17H,4-11,14-16H2,1-3H3. The van der Waals surface area contributed by atoms with E-state index in [9.17, 15) is 4.79 Å². The molecule has 5 nitrogen and oxygen atoms in total. The largest absolute Gasteiger partial charge is 0.493 e. The van der Waals surface area contributed by atoms with Crippen LogP contribution in [-0.4, -0.2) is 40.0 Å². The Morgan fingerprint density at radius 3 is 2.23 bits per heavy atom. The summed E-state index contributed by atoms with van der Waals surface area (Å²) >= 11 is 0. The Bertz CT molecular complexity index is 501. The molecule has 0 aliphatic rings. The number of rotatable bonds is 15. The van der Waals surface area contributed by atoms with Crippen LogP contribution < -0.4 is 9.47 Å². The first-order chi connectivity index (χ1) is 12.7. The molecule has 0 saturated heterocycles. The molecule has 0 N–H and O–H groups in total. The van der Waals surface area contributed by atoms with Gasteiger partial charge in [-0.2, -0.15) is 0 Å². The van der Waals surface area contributed by atoms with Gasteiger partial charge in [0, 0.05) is 13.7 Å². The zero-order chi connectivity index (χ0) is 19.0. The van der Waals surface area contributed by atoms with Crippen molar-refractivity contribution in [2.45, 2.75) is 58.3 Å². The van der Waals surface area contributed by atoms with E-state index in [0.29, 0.717) is 30.3 Å². The van der Waals surface area contributed by atoms with Gasteiger partial charge in [0.1, 0.15) is 0 Å². The summed E-state index contributed by atoms with van der Waals surface area (Å²) in [5.41, 5.74) is 0.486. The van der Waals surface area contributed by atoms with Crippen molar-refractivity contribution in [3.8, 4) is 11.5 Å². The number of hydrogen-bond acceptors (Lipinski definition) is 5. The Balaban J connectivity index is 2.38. The maximum Gasteiger partial charge on any atom is 0.338 e. The summed E-state index contributed by atoms with van der Waals surface area (Å²) in [6, 6.07) is 5.19. The number of methoxy groups -OCH3 is 2. The van der Waals surface area contributed by atoms with Crippen LogP contribution >= 0.6 is 0 Å². The average Bonchev–Trinajstić information content (AvgIpc) is 2.67. The van der Waals surface area contributed by atoms with Crippen LogP contribution in [0.1, 0.15) is 68.6 Å². The second-order valence-electron chi connectivity index (χ2n) is 6.32. The smallest absolute Gasteiger partial charge is 0.338 e. The molecule has 0 fully saturated rings. The van der Waals surface area contributed by atoms with E-state index in [-0.39, 0.29) is 5.97 Å². The molecule has 0 aliphatic heterocycles. The third-order valence-electron chi connectivity index (χ3n) is 4.13. The maximum absolute atomic E-state index is 12.2. The summed E-state index contributed by atoms with van der Waals surface area (Å²) in [6.45, 7) is 4.06. The average molecular weight is 366 g/mol. The zero-order valence-electron chi connectivity index (χ0n) is 16.6. The molecule has 0 bridgehead atoms. The van der Waals surface area contributed by atoms with E-state index in [1.807, 2.05) is 0 Å². The van der Waals surface area contributed by atoms with Crippen molar-refractivity contribution >= 4 is 5.97 Å². The first-order valence-electron chi connectivity index (χ1n) is 9.69. The van der Waals surface area contributed by atoms with Crippen LogP contribution in [0.5, 0.6) is 11.5 Å². The Morgan fingerprint density at radius 2 is 1.54 bits per heavy atom. The van der Waals surface area contributed by atoms with E-state index in [1.54, 1.807) is 32.4 Å². The summed E-state index contributed by atoms with van der Waals surface area (Å²) in [4.78, 5) is 12.2. The van der Waals surface area contributed by atoms with E-state index in [0.717, 1.165) is 45.1 Å². The van der Waals surface area contributed by atoms with Crippen LogP contribution in [0, 0.1) is 0 Å². The fraction of sp³-hybridized carbons (Fsp3) is 0.667. The second kappa shape index (κ2) is 14.4. The molecule has 0 saturated carbocycles. The summed E-state index contributed by atoms with van der Waals surface area (Å²) in [5.74, 6) is 0.905. The monoisotopic (exact) mass is 366 g/mol. The summed E-state index contributed by atoms with van der Waals surface area (Å²) in [6.07, 6.45) is 8.63. The summed E-state index contributed by atoms with van der Waals surface area (Å²) < 4.78 is 21.5. The lowest BCUT2D eigenvalue weighted by Gasteiger charge is -2.12. The zero-order valence-corrected chi connectivity index (χ0v) is 16.6. The van der Waals surface area contributed by atoms with Crippen molar-refractivity contribution in [1.82, 2.24) is 0 Å². The van der Waals surface area contributed by atoms with Crippen molar-refractivity contribution in [2.75, 3.05) is 34.0 Å². The molecule has 5 heteroatoms. The Hall–Kier alpha value is -1.75. The Labute approximate surface area is 158 Å². The first-order valence-corrected chi connectivity index (χ1v) is 9.69. The number of carbonyl (C=O) groups is 1. The van der Waals surface area contributed by atoms with Crippen LogP contribution in [-0.2, 0) is 9.47 Å². The highest BCUT2D eigenvalue weighted by atomic mass is 16.5. The minimum atomic E-state index is -0.324. The molecule has 0 amide bonds. The van der Waals surface area contributed by atoms with Gasteiger partial charge >= 0.3 is 5.97 Å². The van der Waals surface area contributed by atoms with Crippen molar-refractivity contribution in [3.05, 3.63) is 23.8 Å². The second-order valence-corrected chi connectivity index (χ2v) is 6.32. The molecule has 1 rings (SSSR count). The normalized spacial score (nSPS) is 10.6. The predicted molar refractivity (Wildman–Crippen MR) is 103 cm³/mol.